The Bertz CT molecular complexity index is 549. The second kappa shape index (κ2) is 5.17. The Morgan fingerprint density at radius 2 is 1.95 bits per heavy atom. The van der Waals surface area contributed by atoms with Crippen LogP contribution in [0, 0.1) is 5.92 Å². The van der Waals surface area contributed by atoms with Gasteiger partial charge in [-0.15, -0.1) is 10.2 Å². The van der Waals surface area contributed by atoms with Crippen LogP contribution < -0.4 is 5.73 Å². The largest absolute Gasteiger partial charge is 0.330 e. The standard InChI is InChI=1S/C13H23N5S/c1-8(2)6-9(7-14)10-17-18-11(13(3,4)5)15-16-12(18)19-10/h8-9H,6-7,14H2,1-5H3. The van der Waals surface area contributed by atoms with Crippen molar-refractivity contribution in [1.82, 2.24) is 19.8 Å². The lowest BCUT2D eigenvalue weighted by atomic mass is 9.96. The molecule has 0 aromatic carbocycles. The van der Waals surface area contributed by atoms with E-state index in [1.807, 2.05) is 4.52 Å². The van der Waals surface area contributed by atoms with E-state index in [1.165, 1.54) is 0 Å². The lowest BCUT2D eigenvalue weighted by Gasteiger charge is -2.15. The molecule has 0 amide bonds. The molecule has 0 bridgehead atoms. The quantitative estimate of drug-likeness (QED) is 0.935. The van der Waals surface area contributed by atoms with Gasteiger partial charge < -0.3 is 5.73 Å². The third-order valence-corrected chi connectivity index (χ3v) is 4.13. The van der Waals surface area contributed by atoms with Crippen LogP contribution in [-0.2, 0) is 5.41 Å². The van der Waals surface area contributed by atoms with Gasteiger partial charge in [-0.2, -0.15) is 9.61 Å². The summed E-state index contributed by atoms with van der Waals surface area (Å²) in [5, 5.41) is 14.2. The Balaban J connectivity index is 2.39. The number of hydrogen-bond acceptors (Lipinski definition) is 5. The molecule has 0 spiro atoms. The highest BCUT2D eigenvalue weighted by Crippen LogP contribution is 2.29. The molecule has 2 rings (SSSR count). The summed E-state index contributed by atoms with van der Waals surface area (Å²) in [6.07, 6.45) is 1.06. The zero-order chi connectivity index (χ0) is 14.2. The van der Waals surface area contributed by atoms with Crippen molar-refractivity contribution in [2.24, 2.45) is 11.7 Å². The van der Waals surface area contributed by atoms with Gasteiger partial charge in [-0.3, -0.25) is 0 Å². The topological polar surface area (TPSA) is 69.1 Å². The average molecular weight is 281 g/mol. The Morgan fingerprint density at radius 1 is 1.26 bits per heavy atom. The van der Waals surface area contributed by atoms with Gasteiger partial charge in [-0.1, -0.05) is 46.0 Å². The normalized spacial score (nSPS) is 14.5. The van der Waals surface area contributed by atoms with Crippen molar-refractivity contribution in [3.05, 3.63) is 10.8 Å². The number of nitrogens with zero attached hydrogens (tertiary/aromatic N) is 4. The van der Waals surface area contributed by atoms with Crippen LogP contribution in [0.4, 0.5) is 0 Å². The van der Waals surface area contributed by atoms with Crippen LogP contribution in [0.15, 0.2) is 0 Å². The summed E-state index contributed by atoms with van der Waals surface area (Å²) in [5.41, 5.74) is 5.83. The van der Waals surface area contributed by atoms with Gasteiger partial charge in [0.2, 0.25) is 4.96 Å². The van der Waals surface area contributed by atoms with E-state index in [4.69, 9.17) is 10.8 Å². The minimum atomic E-state index is -0.0545. The van der Waals surface area contributed by atoms with Gasteiger partial charge in [-0.05, 0) is 12.3 Å². The summed E-state index contributed by atoms with van der Waals surface area (Å²) >= 11 is 1.61. The van der Waals surface area contributed by atoms with Gasteiger partial charge >= 0.3 is 0 Å². The fourth-order valence-electron chi connectivity index (χ4n) is 2.13. The van der Waals surface area contributed by atoms with Gasteiger partial charge in [0.1, 0.15) is 5.01 Å². The fourth-order valence-corrected chi connectivity index (χ4v) is 3.10. The molecule has 0 radical (unpaired) electrons. The molecule has 0 fully saturated rings. The highest BCUT2D eigenvalue weighted by atomic mass is 32.1. The SMILES string of the molecule is CC(C)CC(CN)c1nn2c(C(C)(C)C)nnc2s1. The Labute approximate surface area is 118 Å². The maximum Gasteiger partial charge on any atom is 0.234 e. The smallest absolute Gasteiger partial charge is 0.234 e. The third-order valence-electron chi connectivity index (χ3n) is 3.07. The zero-order valence-corrected chi connectivity index (χ0v) is 13.2. The maximum atomic E-state index is 5.89. The van der Waals surface area contributed by atoms with Crippen LogP contribution in [0.1, 0.15) is 57.8 Å². The first-order valence-corrected chi connectivity index (χ1v) is 7.57. The molecule has 1 atom stereocenters. The van der Waals surface area contributed by atoms with Crippen molar-refractivity contribution < 1.29 is 0 Å². The first-order valence-electron chi connectivity index (χ1n) is 6.75. The van der Waals surface area contributed by atoms with Gasteiger partial charge in [0, 0.05) is 17.9 Å². The van der Waals surface area contributed by atoms with Gasteiger partial charge in [0.15, 0.2) is 5.82 Å². The van der Waals surface area contributed by atoms with E-state index in [0.29, 0.717) is 18.4 Å². The molecule has 19 heavy (non-hydrogen) atoms. The van der Waals surface area contributed by atoms with Crippen LogP contribution in [0.3, 0.4) is 0 Å². The Morgan fingerprint density at radius 3 is 2.47 bits per heavy atom. The first kappa shape index (κ1) is 14.4. The number of rotatable bonds is 4. The molecular weight excluding hydrogens is 258 g/mol. The van der Waals surface area contributed by atoms with Crippen LogP contribution in [0.25, 0.3) is 4.96 Å². The lowest BCUT2D eigenvalue weighted by Crippen LogP contribution is -2.18. The number of aromatic nitrogens is 4. The predicted molar refractivity (Wildman–Crippen MR) is 78.6 cm³/mol. The van der Waals surface area contributed by atoms with Gasteiger partial charge in [0.25, 0.3) is 0 Å². The summed E-state index contributed by atoms with van der Waals surface area (Å²) in [4.78, 5) is 0.863. The van der Waals surface area contributed by atoms with Crippen molar-refractivity contribution in [1.29, 1.82) is 0 Å². The summed E-state index contributed by atoms with van der Waals surface area (Å²) in [7, 11) is 0. The molecule has 0 saturated heterocycles. The molecule has 0 aliphatic carbocycles. The van der Waals surface area contributed by atoms with E-state index in [9.17, 15) is 0 Å². The molecule has 1 unspecified atom stereocenters. The van der Waals surface area contributed by atoms with E-state index >= 15 is 0 Å². The molecule has 0 aliphatic heterocycles. The molecule has 2 heterocycles. The van der Waals surface area contributed by atoms with Crippen LogP contribution in [-0.4, -0.2) is 26.4 Å². The van der Waals surface area contributed by atoms with Crippen molar-refractivity contribution in [3.63, 3.8) is 0 Å². The molecule has 106 valence electrons. The zero-order valence-electron chi connectivity index (χ0n) is 12.3. The maximum absolute atomic E-state index is 5.89. The molecule has 2 N–H and O–H groups in total. The van der Waals surface area contributed by atoms with E-state index in [1.54, 1.807) is 11.3 Å². The first-order chi connectivity index (χ1) is 8.82. The highest BCUT2D eigenvalue weighted by molar-refractivity contribution is 7.16. The Kier molecular flexibility index (Phi) is 3.92. The van der Waals surface area contributed by atoms with E-state index in [2.05, 4.69) is 44.8 Å². The number of fused-ring (bicyclic) bond motifs is 1. The Hall–Kier alpha value is -1.01. The lowest BCUT2D eigenvalue weighted by molar-refractivity contribution is 0.492. The van der Waals surface area contributed by atoms with Crippen molar-refractivity contribution in [3.8, 4) is 0 Å². The highest BCUT2D eigenvalue weighted by Gasteiger charge is 2.25. The van der Waals surface area contributed by atoms with E-state index in [-0.39, 0.29) is 5.41 Å². The van der Waals surface area contributed by atoms with Crippen molar-refractivity contribution >= 4 is 16.3 Å². The molecule has 2 aromatic heterocycles. The molecule has 5 nitrogen and oxygen atoms in total. The summed E-state index contributed by atoms with van der Waals surface area (Å²) in [6, 6.07) is 0. The summed E-state index contributed by atoms with van der Waals surface area (Å²) in [5.74, 6) is 1.84. The van der Waals surface area contributed by atoms with Crippen molar-refractivity contribution in [2.75, 3.05) is 6.54 Å². The molecule has 6 heteroatoms. The van der Waals surface area contributed by atoms with Gasteiger partial charge in [-0.25, -0.2) is 0 Å². The average Bonchev–Trinajstić information content (AvgIpc) is 2.82. The van der Waals surface area contributed by atoms with Gasteiger partial charge in [0.05, 0.1) is 0 Å². The fraction of sp³-hybridized carbons (Fsp3) is 0.769. The minimum Gasteiger partial charge on any atom is -0.330 e. The summed E-state index contributed by atoms with van der Waals surface area (Å²) in [6.45, 7) is 11.4. The third kappa shape index (κ3) is 2.95. The number of hydrogen-bond donors (Lipinski definition) is 1. The van der Waals surface area contributed by atoms with E-state index < -0.39 is 0 Å². The van der Waals surface area contributed by atoms with Crippen molar-refractivity contribution in [2.45, 2.75) is 52.4 Å². The molecule has 2 aromatic rings. The molecule has 0 saturated carbocycles. The van der Waals surface area contributed by atoms with Crippen LogP contribution in [0.2, 0.25) is 0 Å². The molecular formula is C13H23N5S. The van der Waals surface area contributed by atoms with E-state index in [0.717, 1.165) is 22.2 Å². The summed E-state index contributed by atoms with van der Waals surface area (Å²) < 4.78 is 1.88. The van der Waals surface area contributed by atoms with Crippen LogP contribution in [0.5, 0.6) is 0 Å². The second-order valence-corrected chi connectivity index (χ2v) is 7.46. The minimum absolute atomic E-state index is 0.0545. The van der Waals surface area contributed by atoms with Crippen LogP contribution >= 0.6 is 11.3 Å². The second-order valence-electron chi connectivity index (χ2n) is 6.47. The molecule has 0 aliphatic rings. The number of nitrogens with two attached hydrogens (primary N) is 1. The predicted octanol–water partition coefficient (Wildman–Crippen LogP) is 2.57. The monoisotopic (exact) mass is 281 g/mol.